The Morgan fingerprint density at radius 1 is 1.15 bits per heavy atom. The van der Waals surface area contributed by atoms with Crippen molar-refractivity contribution in [2.75, 3.05) is 0 Å². The molecule has 6 heteroatoms. The monoisotopic (exact) mass is 362 g/mol. The quantitative estimate of drug-likeness (QED) is 0.520. The van der Waals surface area contributed by atoms with Crippen LogP contribution >= 0.6 is 38.6 Å². The van der Waals surface area contributed by atoms with E-state index in [2.05, 4.69) is 20.9 Å². The SMILES string of the molecule is O=c1c(=Cc2ccc(Br)s2)sc2nc3ccccc3n12. The van der Waals surface area contributed by atoms with E-state index in [0.717, 1.165) is 24.7 Å². The lowest BCUT2D eigenvalue weighted by Gasteiger charge is -1.86. The molecule has 0 N–H and O–H groups in total. The Labute approximate surface area is 129 Å². The number of halogens is 1. The summed E-state index contributed by atoms with van der Waals surface area (Å²) in [5.74, 6) is 0. The minimum atomic E-state index is 0.00298. The van der Waals surface area contributed by atoms with Gasteiger partial charge in [0.25, 0.3) is 5.56 Å². The summed E-state index contributed by atoms with van der Waals surface area (Å²) in [5, 5.41) is 0. The molecule has 0 spiro atoms. The van der Waals surface area contributed by atoms with Crippen molar-refractivity contribution in [1.82, 2.24) is 9.38 Å². The molecule has 0 amide bonds. The van der Waals surface area contributed by atoms with Crippen molar-refractivity contribution in [2.24, 2.45) is 0 Å². The van der Waals surface area contributed by atoms with Crippen LogP contribution < -0.4 is 10.1 Å². The second-order valence-electron chi connectivity index (χ2n) is 4.28. The molecule has 0 saturated heterocycles. The highest BCUT2D eigenvalue weighted by atomic mass is 79.9. The van der Waals surface area contributed by atoms with E-state index in [1.54, 1.807) is 15.7 Å². The van der Waals surface area contributed by atoms with E-state index in [-0.39, 0.29) is 5.56 Å². The second-order valence-corrected chi connectivity index (χ2v) is 7.78. The molecule has 0 radical (unpaired) electrons. The molecule has 0 fully saturated rings. The number of para-hydroxylation sites is 2. The maximum Gasteiger partial charge on any atom is 0.274 e. The van der Waals surface area contributed by atoms with Crippen LogP contribution in [0.2, 0.25) is 0 Å². The van der Waals surface area contributed by atoms with Crippen molar-refractivity contribution < 1.29 is 0 Å². The third-order valence-electron chi connectivity index (χ3n) is 3.01. The standard InChI is InChI=1S/C14H7BrN2OS2/c15-12-6-5-8(19-12)7-11-13(18)17-10-4-2-1-3-9(10)16-14(17)20-11/h1-7H. The van der Waals surface area contributed by atoms with Crippen LogP contribution in [0.4, 0.5) is 0 Å². The molecule has 4 aromatic rings. The van der Waals surface area contributed by atoms with E-state index in [9.17, 15) is 4.79 Å². The summed E-state index contributed by atoms with van der Waals surface area (Å²) in [6.07, 6.45) is 1.92. The van der Waals surface area contributed by atoms with Gasteiger partial charge < -0.3 is 0 Å². The molecule has 0 bridgehead atoms. The van der Waals surface area contributed by atoms with Crippen molar-refractivity contribution in [3.63, 3.8) is 0 Å². The summed E-state index contributed by atoms with van der Waals surface area (Å²) in [5.41, 5.74) is 1.74. The van der Waals surface area contributed by atoms with Crippen LogP contribution in [0.1, 0.15) is 4.88 Å². The number of imidazole rings is 1. The Balaban J connectivity index is 2.05. The summed E-state index contributed by atoms with van der Waals surface area (Å²) >= 11 is 6.47. The number of rotatable bonds is 1. The zero-order valence-electron chi connectivity index (χ0n) is 10.0. The third kappa shape index (κ3) is 1.83. The van der Waals surface area contributed by atoms with Crippen LogP contribution in [-0.4, -0.2) is 9.38 Å². The number of thiazole rings is 1. The van der Waals surface area contributed by atoms with E-state index in [4.69, 9.17) is 0 Å². The number of hydrogen-bond donors (Lipinski definition) is 0. The zero-order valence-corrected chi connectivity index (χ0v) is 13.3. The van der Waals surface area contributed by atoms with Crippen molar-refractivity contribution in [3.8, 4) is 0 Å². The normalized spacial score (nSPS) is 12.8. The summed E-state index contributed by atoms with van der Waals surface area (Å²) in [7, 11) is 0. The molecule has 0 aliphatic rings. The van der Waals surface area contributed by atoms with Crippen LogP contribution in [0.15, 0.2) is 45.0 Å². The lowest BCUT2D eigenvalue weighted by molar-refractivity contribution is 1.19. The maximum atomic E-state index is 12.5. The van der Waals surface area contributed by atoms with Gasteiger partial charge in [-0.05, 0) is 46.3 Å². The first-order valence-electron chi connectivity index (χ1n) is 5.89. The smallest absolute Gasteiger partial charge is 0.267 e. The van der Waals surface area contributed by atoms with Gasteiger partial charge in [-0.15, -0.1) is 11.3 Å². The molecule has 20 heavy (non-hydrogen) atoms. The van der Waals surface area contributed by atoms with E-state index in [1.807, 2.05) is 42.5 Å². The highest BCUT2D eigenvalue weighted by molar-refractivity contribution is 9.11. The first-order chi connectivity index (χ1) is 9.72. The molecule has 4 rings (SSSR count). The van der Waals surface area contributed by atoms with Gasteiger partial charge in [0, 0.05) is 4.88 Å². The number of thiophene rings is 1. The molecule has 3 heterocycles. The van der Waals surface area contributed by atoms with Gasteiger partial charge >= 0.3 is 0 Å². The molecule has 0 aliphatic carbocycles. The minimum absolute atomic E-state index is 0.00298. The Morgan fingerprint density at radius 2 is 2.00 bits per heavy atom. The second kappa shape index (κ2) is 4.51. The fraction of sp³-hybridized carbons (Fsp3) is 0. The van der Waals surface area contributed by atoms with Crippen LogP contribution in [0.5, 0.6) is 0 Å². The Hall–Kier alpha value is -1.50. The van der Waals surface area contributed by atoms with Gasteiger partial charge in [-0.2, -0.15) is 0 Å². The fourth-order valence-corrected chi connectivity index (χ4v) is 4.57. The number of nitrogens with zero attached hydrogens (tertiary/aromatic N) is 2. The molecule has 1 aromatic carbocycles. The Morgan fingerprint density at radius 3 is 2.80 bits per heavy atom. The van der Waals surface area contributed by atoms with Crippen LogP contribution in [-0.2, 0) is 0 Å². The largest absolute Gasteiger partial charge is 0.274 e. The summed E-state index contributed by atoms with van der Waals surface area (Å²) in [6, 6.07) is 11.7. The molecule has 98 valence electrons. The van der Waals surface area contributed by atoms with Gasteiger partial charge in [0.2, 0.25) is 0 Å². The van der Waals surface area contributed by atoms with E-state index >= 15 is 0 Å². The molecule has 3 aromatic heterocycles. The molecule has 0 atom stereocenters. The Bertz CT molecular complexity index is 1040. The van der Waals surface area contributed by atoms with E-state index < -0.39 is 0 Å². The van der Waals surface area contributed by atoms with Gasteiger partial charge in [0.05, 0.1) is 19.4 Å². The number of aromatic nitrogens is 2. The predicted octanol–water partition coefficient (Wildman–Crippen LogP) is 3.28. The molecule has 3 nitrogen and oxygen atoms in total. The van der Waals surface area contributed by atoms with Crippen LogP contribution in [0.3, 0.4) is 0 Å². The summed E-state index contributed by atoms with van der Waals surface area (Å²) < 4.78 is 3.46. The van der Waals surface area contributed by atoms with Crippen molar-refractivity contribution in [3.05, 3.63) is 59.9 Å². The fourth-order valence-electron chi connectivity index (χ4n) is 2.15. The average molecular weight is 363 g/mol. The lowest BCUT2D eigenvalue weighted by Crippen LogP contribution is -2.22. The zero-order chi connectivity index (χ0) is 13.7. The number of fused-ring (bicyclic) bond motifs is 3. The van der Waals surface area contributed by atoms with Gasteiger partial charge in [0.15, 0.2) is 4.96 Å². The predicted molar refractivity (Wildman–Crippen MR) is 87.6 cm³/mol. The van der Waals surface area contributed by atoms with Gasteiger partial charge in [0.1, 0.15) is 0 Å². The van der Waals surface area contributed by atoms with Gasteiger partial charge in [-0.3, -0.25) is 4.79 Å². The number of hydrogen-bond acceptors (Lipinski definition) is 4. The number of benzene rings is 1. The van der Waals surface area contributed by atoms with Gasteiger partial charge in [-0.25, -0.2) is 9.38 Å². The summed E-state index contributed by atoms with van der Waals surface area (Å²) in [4.78, 5) is 18.8. The molecular weight excluding hydrogens is 356 g/mol. The molecule has 0 unspecified atom stereocenters. The van der Waals surface area contributed by atoms with Crippen molar-refractivity contribution >= 4 is 60.7 Å². The van der Waals surface area contributed by atoms with Crippen molar-refractivity contribution in [2.45, 2.75) is 0 Å². The summed E-state index contributed by atoms with van der Waals surface area (Å²) in [6.45, 7) is 0. The van der Waals surface area contributed by atoms with Crippen molar-refractivity contribution in [1.29, 1.82) is 0 Å². The third-order valence-corrected chi connectivity index (χ3v) is 5.55. The first kappa shape index (κ1) is 12.3. The van der Waals surface area contributed by atoms with E-state index in [1.165, 1.54) is 11.3 Å². The molecule has 0 aliphatic heterocycles. The highest BCUT2D eigenvalue weighted by Gasteiger charge is 2.10. The van der Waals surface area contributed by atoms with Gasteiger partial charge in [-0.1, -0.05) is 23.5 Å². The van der Waals surface area contributed by atoms with Crippen LogP contribution in [0, 0.1) is 0 Å². The first-order valence-corrected chi connectivity index (χ1v) is 8.32. The highest BCUT2D eigenvalue weighted by Crippen LogP contribution is 2.22. The maximum absolute atomic E-state index is 12.5. The van der Waals surface area contributed by atoms with Crippen LogP contribution in [0.25, 0.3) is 22.1 Å². The Kier molecular flexibility index (Phi) is 2.76. The average Bonchev–Trinajstić information content (AvgIpc) is 3.07. The topological polar surface area (TPSA) is 34.4 Å². The lowest BCUT2D eigenvalue weighted by atomic mass is 10.3. The minimum Gasteiger partial charge on any atom is -0.267 e. The molecule has 0 saturated carbocycles. The van der Waals surface area contributed by atoms with E-state index in [0.29, 0.717) is 4.53 Å². The molecular formula is C14H7BrN2OS2.